The van der Waals surface area contributed by atoms with Gasteiger partial charge in [0, 0.05) is 6.04 Å². The number of amides is 2. The van der Waals surface area contributed by atoms with Gasteiger partial charge in [-0.05, 0) is 32.4 Å². The van der Waals surface area contributed by atoms with Crippen molar-refractivity contribution in [3.63, 3.8) is 0 Å². The van der Waals surface area contributed by atoms with Crippen LogP contribution >= 0.6 is 11.6 Å². The van der Waals surface area contributed by atoms with Crippen LogP contribution in [0.3, 0.4) is 0 Å². The van der Waals surface area contributed by atoms with E-state index in [9.17, 15) is 9.59 Å². The Hall–Kier alpha value is -1.55. The zero-order chi connectivity index (χ0) is 14.4. The molecule has 0 aliphatic rings. The van der Waals surface area contributed by atoms with Gasteiger partial charge >= 0.3 is 0 Å². The quantitative estimate of drug-likeness (QED) is 0.816. The molecule has 2 N–H and O–H groups in total. The van der Waals surface area contributed by atoms with Crippen molar-refractivity contribution in [2.24, 2.45) is 0 Å². The maximum absolute atomic E-state index is 12.1. The molecule has 19 heavy (non-hydrogen) atoms. The second-order valence-corrected chi connectivity index (χ2v) is 5.09. The fourth-order valence-electron chi connectivity index (χ4n) is 1.43. The Balaban J connectivity index is 2.89. The van der Waals surface area contributed by atoms with Crippen molar-refractivity contribution in [1.82, 2.24) is 5.32 Å². The fourth-order valence-corrected chi connectivity index (χ4v) is 1.48. The van der Waals surface area contributed by atoms with Crippen molar-refractivity contribution in [1.29, 1.82) is 0 Å². The van der Waals surface area contributed by atoms with E-state index < -0.39 is 5.38 Å². The van der Waals surface area contributed by atoms with Gasteiger partial charge in [0.2, 0.25) is 5.91 Å². The molecule has 0 bridgehead atoms. The van der Waals surface area contributed by atoms with Crippen molar-refractivity contribution in [2.75, 3.05) is 5.32 Å². The van der Waals surface area contributed by atoms with Gasteiger partial charge in [-0.15, -0.1) is 11.6 Å². The van der Waals surface area contributed by atoms with Crippen LogP contribution in [-0.4, -0.2) is 23.2 Å². The van der Waals surface area contributed by atoms with Gasteiger partial charge in [-0.1, -0.05) is 19.1 Å². The second kappa shape index (κ2) is 7.14. The molecule has 0 aliphatic carbocycles. The summed E-state index contributed by atoms with van der Waals surface area (Å²) in [5, 5.41) is 4.87. The average Bonchev–Trinajstić information content (AvgIpc) is 2.38. The molecular weight excluding hydrogens is 264 g/mol. The number of alkyl halides is 1. The second-order valence-electron chi connectivity index (χ2n) is 4.43. The van der Waals surface area contributed by atoms with Gasteiger partial charge in [0.05, 0.1) is 11.3 Å². The lowest BCUT2D eigenvalue weighted by molar-refractivity contribution is -0.115. The van der Waals surface area contributed by atoms with Crippen LogP contribution in [0.5, 0.6) is 0 Å². The average molecular weight is 283 g/mol. The van der Waals surface area contributed by atoms with Crippen LogP contribution < -0.4 is 10.6 Å². The molecule has 0 aliphatic heterocycles. The lowest BCUT2D eigenvalue weighted by Crippen LogP contribution is -2.33. The monoisotopic (exact) mass is 282 g/mol. The number of hydrogen-bond donors (Lipinski definition) is 2. The molecule has 1 aromatic rings. The Labute approximate surface area is 118 Å². The molecular formula is C14H19ClN2O2. The van der Waals surface area contributed by atoms with Crippen molar-refractivity contribution < 1.29 is 9.59 Å². The standard InChI is InChI=1S/C14H19ClN2O2/c1-4-9(2)16-14(19)11-7-5-6-8-12(11)17-13(18)10(3)15/h5-10H,4H2,1-3H3,(H,16,19)(H,17,18). The first-order valence-electron chi connectivity index (χ1n) is 6.30. The highest BCUT2D eigenvalue weighted by Crippen LogP contribution is 2.16. The highest BCUT2D eigenvalue weighted by Gasteiger charge is 2.16. The fraction of sp³-hybridized carbons (Fsp3) is 0.429. The van der Waals surface area contributed by atoms with Crippen molar-refractivity contribution in [3.05, 3.63) is 29.8 Å². The van der Waals surface area contributed by atoms with E-state index in [0.29, 0.717) is 11.3 Å². The molecule has 4 nitrogen and oxygen atoms in total. The highest BCUT2D eigenvalue weighted by molar-refractivity contribution is 6.32. The van der Waals surface area contributed by atoms with Crippen LogP contribution in [0.4, 0.5) is 5.69 Å². The van der Waals surface area contributed by atoms with E-state index in [4.69, 9.17) is 11.6 Å². The third-order valence-corrected chi connectivity index (χ3v) is 2.98. The normalized spacial score (nSPS) is 13.5. The molecule has 0 saturated carbocycles. The molecule has 0 aromatic heterocycles. The molecule has 0 fully saturated rings. The number of para-hydroxylation sites is 1. The van der Waals surface area contributed by atoms with Gasteiger partial charge < -0.3 is 10.6 Å². The number of carbonyl (C=O) groups is 2. The zero-order valence-corrected chi connectivity index (χ0v) is 12.1. The molecule has 2 amide bonds. The molecule has 2 atom stereocenters. The first kappa shape index (κ1) is 15.5. The van der Waals surface area contributed by atoms with E-state index in [-0.39, 0.29) is 17.9 Å². The van der Waals surface area contributed by atoms with E-state index in [2.05, 4.69) is 10.6 Å². The Morgan fingerprint density at radius 3 is 2.47 bits per heavy atom. The number of nitrogens with one attached hydrogen (secondary N) is 2. The number of rotatable bonds is 5. The van der Waals surface area contributed by atoms with Crippen LogP contribution in [-0.2, 0) is 4.79 Å². The van der Waals surface area contributed by atoms with Gasteiger partial charge in [-0.3, -0.25) is 9.59 Å². The summed E-state index contributed by atoms with van der Waals surface area (Å²) in [5.74, 6) is -0.530. The van der Waals surface area contributed by atoms with Crippen molar-refractivity contribution in [3.8, 4) is 0 Å². The molecule has 0 heterocycles. The number of benzene rings is 1. The summed E-state index contributed by atoms with van der Waals surface area (Å²) >= 11 is 5.70. The predicted octanol–water partition coefficient (Wildman–Crippen LogP) is 2.78. The summed E-state index contributed by atoms with van der Waals surface area (Å²) in [4.78, 5) is 23.7. The summed E-state index contributed by atoms with van der Waals surface area (Å²) in [7, 11) is 0. The smallest absolute Gasteiger partial charge is 0.253 e. The van der Waals surface area contributed by atoms with E-state index in [1.807, 2.05) is 13.8 Å². The summed E-state index contributed by atoms with van der Waals surface area (Å²) in [6.07, 6.45) is 0.846. The number of halogens is 1. The topological polar surface area (TPSA) is 58.2 Å². The third kappa shape index (κ3) is 4.56. The van der Waals surface area contributed by atoms with Crippen LogP contribution in [0.15, 0.2) is 24.3 Å². The summed E-state index contributed by atoms with van der Waals surface area (Å²) in [6, 6.07) is 6.96. The van der Waals surface area contributed by atoms with Gasteiger partial charge in [-0.25, -0.2) is 0 Å². The third-order valence-electron chi connectivity index (χ3n) is 2.78. The maximum Gasteiger partial charge on any atom is 0.253 e. The van der Waals surface area contributed by atoms with E-state index >= 15 is 0 Å². The van der Waals surface area contributed by atoms with Crippen LogP contribution in [0.2, 0.25) is 0 Å². The minimum absolute atomic E-state index is 0.0863. The summed E-state index contributed by atoms with van der Waals surface area (Å²) < 4.78 is 0. The molecule has 1 aromatic carbocycles. The molecule has 1 rings (SSSR count). The Morgan fingerprint density at radius 2 is 1.89 bits per heavy atom. The van der Waals surface area contributed by atoms with Crippen LogP contribution in [0.25, 0.3) is 0 Å². The van der Waals surface area contributed by atoms with Crippen LogP contribution in [0.1, 0.15) is 37.6 Å². The Kier molecular flexibility index (Phi) is 5.83. The first-order chi connectivity index (χ1) is 8.95. The van der Waals surface area contributed by atoms with Gasteiger partial charge in [0.1, 0.15) is 5.38 Å². The predicted molar refractivity (Wildman–Crippen MR) is 77.6 cm³/mol. The largest absolute Gasteiger partial charge is 0.350 e. The SMILES string of the molecule is CCC(C)NC(=O)c1ccccc1NC(=O)C(C)Cl. The maximum atomic E-state index is 12.1. The summed E-state index contributed by atoms with van der Waals surface area (Å²) in [6.45, 7) is 5.51. The lowest BCUT2D eigenvalue weighted by Gasteiger charge is -2.15. The minimum atomic E-state index is -0.648. The molecule has 104 valence electrons. The van der Waals surface area contributed by atoms with E-state index in [1.165, 1.54) is 0 Å². The van der Waals surface area contributed by atoms with Crippen molar-refractivity contribution in [2.45, 2.75) is 38.6 Å². The molecule has 0 radical (unpaired) electrons. The molecule has 0 saturated heterocycles. The molecule has 0 spiro atoms. The molecule has 5 heteroatoms. The number of hydrogen-bond acceptors (Lipinski definition) is 2. The highest BCUT2D eigenvalue weighted by atomic mass is 35.5. The van der Waals surface area contributed by atoms with E-state index in [0.717, 1.165) is 6.42 Å². The minimum Gasteiger partial charge on any atom is -0.350 e. The van der Waals surface area contributed by atoms with Gasteiger partial charge in [0.25, 0.3) is 5.91 Å². The molecule has 2 unspecified atom stereocenters. The zero-order valence-electron chi connectivity index (χ0n) is 11.4. The first-order valence-corrected chi connectivity index (χ1v) is 6.74. The Morgan fingerprint density at radius 1 is 1.26 bits per heavy atom. The van der Waals surface area contributed by atoms with Gasteiger partial charge in [-0.2, -0.15) is 0 Å². The van der Waals surface area contributed by atoms with Gasteiger partial charge in [0.15, 0.2) is 0 Å². The summed E-state index contributed by atoms with van der Waals surface area (Å²) in [5.41, 5.74) is 0.911. The Bertz CT molecular complexity index is 461. The van der Waals surface area contributed by atoms with Crippen LogP contribution in [0, 0.1) is 0 Å². The number of anilines is 1. The number of carbonyl (C=O) groups excluding carboxylic acids is 2. The van der Waals surface area contributed by atoms with E-state index in [1.54, 1.807) is 31.2 Å². The lowest BCUT2D eigenvalue weighted by atomic mass is 10.1. The van der Waals surface area contributed by atoms with Crippen molar-refractivity contribution >= 4 is 29.1 Å².